The van der Waals surface area contributed by atoms with Gasteiger partial charge < -0.3 is 0 Å². The lowest BCUT2D eigenvalue weighted by molar-refractivity contribution is 0.204. The summed E-state index contributed by atoms with van der Waals surface area (Å²) in [5.41, 5.74) is 0.394. The van der Waals surface area contributed by atoms with Crippen LogP contribution >= 0.6 is 0 Å². The zero-order valence-electron chi connectivity index (χ0n) is 8.76. The summed E-state index contributed by atoms with van der Waals surface area (Å²) in [6.45, 7) is 7.43. The first-order valence-corrected chi connectivity index (χ1v) is 4.88. The Morgan fingerprint density at radius 3 is 2.85 bits per heavy atom. The summed E-state index contributed by atoms with van der Waals surface area (Å²) >= 11 is 0. The molecule has 1 aliphatic rings. The molecule has 0 spiro atoms. The summed E-state index contributed by atoms with van der Waals surface area (Å²) in [6, 6.07) is 0. The van der Waals surface area contributed by atoms with Gasteiger partial charge in [-0.15, -0.1) is 0 Å². The normalized spacial score (nSPS) is 28.1. The number of rotatable bonds is 2. The van der Waals surface area contributed by atoms with Gasteiger partial charge in [-0.25, -0.2) is 9.79 Å². The topological polar surface area (TPSA) is 29.4 Å². The van der Waals surface area contributed by atoms with Crippen molar-refractivity contribution < 1.29 is 4.79 Å². The van der Waals surface area contributed by atoms with E-state index in [1.54, 1.807) is 12.0 Å². The minimum Gasteiger partial charge on any atom is -0.211 e. The SMILES string of the molecule is C[C]1CC(CN=C=O)CC(C)(C)C1. The van der Waals surface area contributed by atoms with E-state index in [1.165, 1.54) is 12.8 Å². The number of carbonyl (C=O) groups excluding carboxylic acids is 1. The highest BCUT2D eigenvalue weighted by Gasteiger charge is 2.31. The fourth-order valence-electron chi connectivity index (χ4n) is 2.60. The predicted molar refractivity (Wildman–Crippen MR) is 53.0 cm³/mol. The Morgan fingerprint density at radius 1 is 1.62 bits per heavy atom. The number of isocyanates is 1. The van der Waals surface area contributed by atoms with E-state index in [-0.39, 0.29) is 0 Å². The van der Waals surface area contributed by atoms with Gasteiger partial charge in [0.15, 0.2) is 0 Å². The molecule has 0 saturated heterocycles. The van der Waals surface area contributed by atoms with Crippen molar-refractivity contribution in [3.63, 3.8) is 0 Å². The van der Waals surface area contributed by atoms with Crippen LogP contribution in [0.1, 0.15) is 40.0 Å². The second-order valence-corrected chi connectivity index (χ2v) is 5.00. The van der Waals surface area contributed by atoms with Crippen molar-refractivity contribution in [2.75, 3.05) is 6.54 Å². The van der Waals surface area contributed by atoms with Crippen LogP contribution in [0.3, 0.4) is 0 Å². The van der Waals surface area contributed by atoms with Gasteiger partial charge in [-0.05, 0) is 36.5 Å². The highest BCUT2D eigenvalue weighted by Crippen LogP contribution is 2.42. The third kappa shape index (κ3) is 3.31. The van der Waals surface area contributed by atoms with Crippen molar-refractivity contribution in [1.82, 2.24) is 0 Å². The van der Waals surface area contributed by atoms with Gasteiger partial charge in [0, 0.05) is 0 Å². The van der Waals surface area contributed by atoms with Crippen molar-refractivity contribution in [1.29, 1.82) is 0 Å². The Hall–Kier alpha value is -0.620. The fraction of sp³-hybridized carbons (Fsp3) is 0.818. The Labute approximate surface area is 80.4 Å². The van der Waals surface area contributed by atoms with E-state index in [9.17, 15) is 4.79 Å². The van der Waals surface area contributed by atoms with Crippen molar-refractivity contribution >= 4 is 6.08 Å². The van der Waals surface area contributed by atoms with Gasteiger partial charge in [-0.2, -0.15) is 0 Å². The van der Waals surface area contributed by atoms with Crippen molar-refractivity contribution in [3.8, 4) is 0 Å². The molecule has 73 valence electrons. The molecule has 1 radical (unpaired) electrons. The highest BCUT2D eigenvalue weighted by atomic mass is 16.1. The van der Waals surface area contributed by atoms with Crippen molar-refractivity contribution in [2.45, 2.75) is 40.0 Å². The number of hydrogen-bond acceptors (Lipinski definition) is 2. The summed E-state index contributed by atoms with van der Waals surface area (Å²) < 4.78 is 0. The van der Waals surface area contributed by atoms with Gasteiger partial charge in [-0.3, -0.25) is 0 Å². The van der Waals surface area contributed by atoms with Crippen molar-refractivity contribution in [2.24, 2.45) is 16.3 Å². The van der Waals surface area contributed by atoms with Crippen LogP contribution in [0.5, 0.6) is 0 Å². The van der Waals surface area contributed by atoms with Crippen molar-refractivity contribution in [3.05, 3.63) is 5.92 Å². The zero-order chi connectivity index (χ0) is 9.90. The van der Waals surface area contributed by atoms with E-state index in [0.717, 1.165) is 6.42 Å². The van der Waals surface area contributed by atoms with Crippen LogP contribution in [-0.2, 0) is 4.79 Å². The fourth-order valence-corrected chi connectivity index (χ4v) is 2.60. The lowest BCUT2D eigenvalue weighted by Gasteiger charge is -2.37. The van der Waals surface area contributed by atoms with Crippen LogP contribution in [0.4, 0.5) is 0 Å². The molecule has 13 heavy (non-hydrogen) atoms. The molecule has 2 heteroatoms. The van der Waals surface area contributed by atoms with E-state index < -0.39 is 0 Å². The molecule has 0 aliphatic heterocycles. The van der Waals surface area contributed by atoms with Crippen LogP contribution in [0.25, 0.3) is 0 Å². The van der Waals surface area contributed by atoms with Gasteiger partial charge in [-0.1, -0.05) is 20.8 Å². The molecule has 1 atom stereocenters. The average molecular weight is 180 g/mol. The first-order valence-electron chi connectivity index (χ1n) is 4.88. The molecule has 1 aliphatic carbocycles. The van der Waals surface area contributed by atoms with Crippen LogP contribution in [0.15, 0.2) is 4.99 Å². The third-order valence-corrected chi connectivity index (χ3v) is 2.67. The van der Waals surface area contributed by atoms with Crippen LogP contribution < -0.4 is 0 Å². The average Bonchev–Trinajstić information content (AvgIpc) is 1.97. The molecule has 0 N–H and O–H groups in total. The van der Waals surface area contributed by atoms with Gasteiger partial charge in [0.2, 0.25) is 6.08 Å². The highest BCUT2D eigenvalue weighted by molar-refractivity contribution is 5.32. The summed E-state index contributed by atoms with van der Waals surface area (Å²) in [5, 5.41) is 0. The second-order valence-electron chi connectivity index (χ2n) is 5.00. The monoisotopic (exact) mass is 180 g/mol. The number of nitrogens with zero attached hydrogens (tertiary/aromatic N) is 1. The Bertz CT molecular complexity index is 216. The minimum absolute atomic E-state index is 0.394. The molecule has 0 bridgehead atoms. The zero-order valence-corrected chi connectivity index (χ0v) is 8.76. The molecule has 1 fully saturated rings. The number of hydrogen-bond donors (Lipinski definition) is 0. The molecule has 1 unspecified atom stereocenters. The molecule has 1 saturated carbocycles. The Balaban J connectivity index is 2.52. The molecule has 0 amide bonds. The van der Waals surface area contributed by atoms with Gasteiger partial charge in [0.25, 0.3) is 0 Å². The van der Waals surface area contributed by atoms with E-state index in [0.29, 0.717) is 17.9 Å². The Kier molecular flexibility index (Phi) is 3.27. The molecule has 1 rings (SSSR count). The second kappa shape index (κ2) is 4.06. The van der Waals surface area contributed by atoms with Gasteiger partial charge in [0.1, 0.15) is 0 Å². The summed E-state index contributed by atoms with van der Waals surface area (Å²) in [7, 11) is 0. The Morgan fingerprint density at radius 2 is 2.31 bits per heavy atom. The first-order chi connectivity index (χ1) is 6.03. The van der Waals surface area contributed by atoms with E-state index in [1.807, 2.05) is 0 Å². The van der Waals surface area contributed by atoms with Crippen LogP contribution in [0, 0.1) is 17.3 Å². The van der Waals surface area contributed by atoms with Gasteiger partial charge >= 0.3 is 0 Å². The maximum atomic E-state index is 9.99. The molecule has 0 aromatic carbocycles. The van der Waals surface area contributed by atoms with Crippen LogP contribution in [-0.4, -0.2) is 12.6 Å². The predicted octanol–water partition coefficient (Wildman–Crippen LogP) is 2.74. The third-order valence-electron chi connectivity index (χ3n) is 2.67. The first kappa shape index (κ1) is 10.5. The summed E-state index contributed by atoms with van der Waals surface area (Å²) in [6.07, 6.45) is 5.15. The summed E-state index contributed by atoms with van der Waals surface area (Å²) in [4.78, 5) is 13.7. The van der Waals surface area contributed by atoms with Gasteiger partial charge in [0.05, 0.1) is 6.54 Å². The van der Waals surface area contributed by atoms with E-state index in [2.05, 4.69) is 25.8 Å². The van der Waals surface area contributed by atoms with E-state index >= 15 is 0 Å². The molecule has 0 heterocycles. The minimum atomic E-state index is 0.394. The van der Waals surface area contributed by atoms with E-state index in [4.69, 9.17) is 0 Å². The lowest BCUT2D eigenvalue weighted by Crippen LogP contribution is -2.28. The molecular weight excluding hydrogens is 162 g/mol. The molecule has 0 aromatic heterocycles. The lowest BCUT2D eigenvalue weighted by atomic mass is 9.68. The smallest absolute Gasteiger partial charge is 0.211 e. The standard InChI is InChI=1S/C11H18NO/c1-9-4-10(7-12-8-13)6-11(2,3)5-9/h10H,4-7H2,1-3H3. The maximum Gasteiger partial charge on any atom is 0.234 e. The largest absolute Gasteiger partial charge is 0.234 e. The molecule has 2 nitrogen and oxygen atoms in total. The quantitative estimate of drug-likeness (QED) is 0.474. The molecular formula is C11H18NO. The van der Waals surface area contributed by atoms with Crippen LogP contribution in [0.2, 0.25) is 0 Å². The maximum absolute atomic E-state index is 9.99. The number of aliphatic imine (C=N–C) groups is 1. The summed E-state index contributed by atoms with van der Waals surface area (Å²) in [5.74, 6) is 2.10. The molecule has 0 aromatic rings.